The Bertz CT molecular complexity index is 1100. The molecule has 0 bridgehead atoms. The number of carbonyl (C=O) groups is 1. The quantitative estimate of drug-likeness (QED) is 0.0756. The fourth-order valence-electron chi connectivity index (χ4n) is 8.27. The number of esters is 1. The third kappa shape index (κ3) is 11.1. The van der Waals surface area contributed by atoms with E-state index in [4.69, 9.17) is 27.9 Å². The van der Waals surface area contributed by atoms with Gasteiger partial charge in [0.2, 0.25) is 0 Å². The molecule has 2 saturated heterocycles. The molecule has 0 N–H and O–H groups in total. The molecule has 8 unspecified atom stereocenters. The third-order valence-corrected chi connectivity index (χ3v) is 11.2. The number of ether oxygens (including phenoxy) is 5. The lowest BCUT2D eigenvalue weighted by Crippen LogP contribution is -2.33. The van der Waals surface area contributed by atoms with Gasteiger partial charge in [-0.3, -0.25) is 8.98 Å². The number of carbonyl (C=O) groups excluding carboxylic acids is 1. The average Bonchev–Trinajstić information content (AvgIpc) is 3.59. The molecule has 0 aromatic carbocycles. The van der Waals surface area contributed by atoms with E-state index >= 15 is 0 Å². The van der Waals surface area contributed by atoms with Crippen molar-refractivity contribution in [1.82, 2.24) is 0 Å². The van der Waals surface area contributed by atoms with Crippen LogP contribution in [0.3, 0.4) is 0 Å². The number of unbranched alkanes of at least 4 members (excludes halogenated alkanes) is 1. The van der Waals surface area contributed by atoms with Crippen LogP contribution in [0.4, 0.5) is 0 Å². The minimum Gasteiger partial charge on any atom is -0.466 e. The Morgan fingerprint density at radius 1 is 0.978 bits per heavy atom. The van der Waals surface area contributed by atoms with Crippen molar-refractivity contribution >= 4 is 16.1 Å². The van der Waals surface area contributed by atoms with E-state index in [0.717, 1.165) is 90.1 Å². The number of hydrogen-bond acceptors (Lipinski definition) is 9. The van der Waals surface area contributed by atoms with E-state index in [9.17, 15) is 13.2 Å². The molecule has 2 saturated carbocycles. The van der Waals surface area contributed by atoms with Crippen LogP contribution in [0, 0.1) is 29.6 Å². The van der Waals surface area contributed by atoms with Gasteiger partial charge >= 0.3 is 5.97 Å². The maximum atomic E-state index is 11.9. The molecular weight excluding hydrogens is 608 g/mol. The molecule has 0 aromatic rings. The summed E-state index contributed by atoms with van der Waals surface area (Å²) in [4.78, 5) is 11.2. The van der Waals surface area contributed by atoms with Crippen LogP contribution < -0.4 is 0 Å². The van der Waals surface area contributed by atoms with Crippen molar-refractivity contribution in [2.75, 3.05) is 32.7 Å². The molecule has 2 heterocycles. The summed E-state index contributed by atoms with van der Waals surface area (Å²) in [6.07, 6.45) is 24.9. The van der Waals surface area contributed by atoms with Crippen LogP contribution in [-0.2, 0) is 42.8 Å². The molecule has 0 spiro atoms. The molecule has 5 aliphatic rings. The fraction of sp³-hybridized carbons (Fsp3) is 0.861. The van der Waals surface area contributed by atoms with Gasteiger partial charge in [0, 0.05) is 32.0 Å². The molecule has 8 atom stereocenters. The molecule has 2 aliphatic heterocycles. The summed E-state index contributed by atoms with van der Waals surface area (Å²) >= 11 is 0. The Kier molecular flexibility index (Phi) is 14.0. The number of rotatable bonds is 16. The molecular formula is C36H58O9S. The summed E-state index contributed by atoms with van der Waals surface area (Å²) < 4.78 is 59.8. The molecule has 4 fully saturated rings. The summed E-state index contributed by atoms with van der Waals surface area (Å²) in [5.41, 5.74) is 1.28. The van der Waals surface area contributed by atoms with Crippen LogP contribution in [0.25, 0.3) is 0 Å². The van der Waals surface area contributed by atoms with Gasteiger partial charge in [0.05, 0.1) is 31.7 Å². The highest BCUT2D eigenvalue weighted by molar-refractivity contribution is 7.85. The standard InChI is InChI=1S/C36H58O9S/c1-26(37)40-19-9-6-14-28(25-43-46(2,38)39)29-22-30-24-34(45-36-16-8-11-21-42-36)31(32(30)23-29)17-18-33(27-12-4-3-5-13-27)44-35-15-7-10-20-41-35/h17-18,23,27-28,30-36H,3-16,19-22,24-25H2,1-2H3. The van der Waals surface area contributed by atoms with E-state index in [2.05, 4.69) is 18.2 Å². The molecule has 0 amide bonds. The van der Waals surface area contributed by atoms with Crippen molar-refractivity contribution < 1.29 is 41.1 Å². The summed E-state index contributed by atoms with van der Waals surface area (Å²) in [5, 5.41) is 0. The van der Waals surface area contributed by atoms with Gasteiger partial charge in [-0.2, -0.15) is 8.42 Å². The lowest BCUT2D eigenvalue weighted by Gasteiger charge is -2.33. The van der Waals surface area contributed by atoms with Crippen molar-refractivity contribution in [3.05, 3.63) is 23.8 Å². The summed E-state index contributed by atoms with van der Waals surface area (Å²) in [5.74, 6) is 1.16. The van der Waals surface area contributed by atoms with Crippen LogP contribution in [0.5, 0.6) is 0 Å². The van der Waals surface area contributed by atoms with Gasteiger partial charge in [0.15, 0.2) is 12.6 Å². The summed E-state index contributed by atoms with van der Waals surface area (Å²) in [7, 11) is -3.56. The highest BCUT2D eigenvalue weighted by Crippen LogP contribution is 2.51. The van der Waals surface area contributed by atoms with Crippen LogP contribution in [-0.4, -0.2) is 71.9 Å². The Labute approximate surface area is 277 Å². The lowest BCUT2D eigenvalue weighted by atomic mass is 9.84. The average molecular weight is 667 g/mol. The Morgan fingerprint density at radius 3 is 2.37 bits per heavy atom. The Morgan fingerprint density at radius 2 is 1.70 bits per heavy atom. The topological polar surface area (TPSA) is 107 Å². The van der Waals surface area contributed by atoms with E-state index in [-0.39, 0.29) is 49.2 Å². The first-order valence-electron chi connectivity index (χ1n) is 18.2. The first-order valence-corrected chi connectivity index (χ1v) is 20.0. The van der Waals surface area contributed by atoms with Crippen LogP contribution in [0.1, 0.15) is 110 Å². The number of hydrogen-bond donors (Lipinski definition) is 0. The highest BCUT2D eigenvalue weighted by Gasteiger charge is 2.46. The normalized spacial score (nSPS) is 32.3. The first kappa shape index (κ1) is 36.0. The molecule has 10 heteroatoms. The summed E-state index contributed by atoms with van der Waals surface area (Å²) in [6.45, 7) is 3.47. The zero-order chi connectivity index (χ0) is 32.4. The highest BCUT2D eigenvalue weighted by atomic mass is 32.2. The van der Waals surface area contributed by atoms with Crippen LogP contribution >= 0.6 is 0 Å². The zero-order valence-electron chi connectivity index (χ0n) is 28.2. The second-order valence-electron chi connectivity index (χ2n) is 14.3. The van der Waals surface area contributed by atoms with E-state index < -0.39 is 10.1 Å². The van der Waals surface area contributed by atoms with Gasteiger partial charge in [-0.15, -0.1) is 0 Å². The molecule has 3 aliphatic carbocycles. The predicted molar refractivity (Wildman–Crippen MR) is 175 cm³/mol. The van der Waals surface area contributed by atoms with Gasteiger partial charge in [0.25, 0.3) is 10.1 Å². The van der Waals surface area contributed by atoms with Gasteiger partial charge < -0.3 is 23.7 Å². The van der Waals surface area contributed by atoms with E-state index in [0.29, 0.717) is 24.4 Å². The largest absolute Gasteiger partial charge is 0.466 e. The van der Waals surface area contributed by atoms with Crippen molar-refractivity contribution in [2.45, 2.75) is 134 Å². The van der Waals surface area contributed by atoms with Crippen LogP contribution in [0.2, 0.25) is 0 Å². The fourth-order valence-corrected chi connectivity index (χ4v) is 8.68. The minimum atomic E-state index is -3.56. The number of fused-ring (bicyclic) bond motifs is 1. The first-order chi connectivity index (χ1) is 22.2. The van der Waals surface area contributed by atoms with E-state index in [1.165, 1.54) is 44.6 Å². The molecule has 46 heavy (non-hydrogen) atoms. The third-order valence-electron chi connectivity index (χ3n) is 10.7. The van der Waals surface area contributed by atoms with Crippen LogP contribution in [0.15, 0.2) is 23.8 Å². The summed E-state index contributed by atoms with van der Waals surface area (Å²) in [6, 6.07) is 0. The zero-order valence-corrected chi connectivity index (χ0v) is 29.0. The van der Waals surface area contributed by atoms with E-state index in [1.807, 2.05) is 0 Å². The molecule has 262 valence electrons. The Balaban J connectivity index is 1.33. The van der Waals surface area contributed by atoms with Gasteiger partial charge in [-0.1, -0.05) is 43.1 Å². The Hall–Kier alpha value is -1.30. The monoisotopic (exact) mass is 666 g/mol. The second-order valence-corrected chi connectivity index (χ2v) is 15.9. The van der Waals surface area contributed by atoms with Gasteiger partial charge in [-0.05, 0) is 101 Å². The predicted octanol–water partition coefficient (Wildman–Crippen LogP) is 6.85. The van der Waals surface area contributed by atoms with Crippen molar-refractivity contribution in [2.24, 2.45) is 29.6 Å². The van der Waals surface area contributed by atoms with Crippen molar-refractivity contribution in [3.63, 3.8) is 0 Å². The maximum Gasteiger partial charge on any atom is 0.302 e. The minimum absolute atomic E-state index is 0.00472. The lowest BCUT2D eigenvalue weighted by molar-refractivity contribution is -0.193. The molecule has 0 aromatic heterocycles. The smallest absolute Gasteiger partial charge is 0.302 e. The molecule has 5 rings (SSSR count). The molecule has 0 radical (unpaired) electrons. The van der Waals surface area contributed by atoms with Crippen molar-refractivity contribution in [1.29, 1.82) is 0 Å². The second kappa shape index (κ2) is 17.9. The molecule has 9 nitrogen and oxygen atoms in total. The van der Waals surface area contributed by atoms with Gasteiger partial charge in [0.1, 0.15) is 0 Å². The maximum absolute atomic E-state index is 11.9. The SMILES string of the molecule is CC(=O)OCCCCC(COS(C)(=O)=O)C1=CC2C(C1)CC(OC1CCCCO1)C2C=CC(OC1CCCCO1)C1CCCCC1. The van der Waals surface area contributed by atoms with Gasteiger partial charge in [-0.25, -0.2) is 0 Å². The number of allylic oxidation sites excluding steroid dienone is 1. The van der Waals surface area contributed by atoms with Crippen molar-refractivity contribution in [3.8, 4) is 0 Å². The van der Waals surface area contributed by atoms with E-state index in [1.54, 1.807) is 0 Å².